The molecule has 70 valence electrons. The van der Waals surface area contributed by atoms with Crippen molar-refractivity contribution in [2.45, 2.75) is 32.2 Å². The highest BCUT2D eigenvalue weighted by Crippen LogP contribution is 2.36. The van der Waals surface area contributed by atoms with Crippen molar-refractivity contribution in [3.05, 3.63) is 0 Å². The summed E-state index contributed by atoms with van der Waals surface area (Å²) < 4.78 is 0. The van der Waals surface area contributed by atoms with Crippen LogP contribution in [0.3, 0.4) is 0 Å². The molecule has 1 saturated carbocycles. The summed E-state index contributed by atoms with van der Waals surface area (Å²) in [5.41, 5.74) is 0. The number of rotatable bonds is 4. The SMILES string of the molecule is CC(CNC1CCSC1)C1CC1. The molecule has 0 radical (unpaired) electrons. The predicted molar refractivity (Wildman–Crippen MR) is 55.6 cm³/mol. The Labute approximate surface area is 79.7 Å². The lowest BCUT2D eigenvalue weighted by Crippen LogP contribution is -2.32. The van der Waals surface area contributed by atoms with Crippen LogP contribution in [0.5, 0.6) is 0 Å². The van der Waals surface area contributed by atoms with Gasteiger partial charge in [-0.25, -0.2) is 0 Å². The minimum absolute atomic E-state index is 0.830. The lowest BCUT2D eigenvalue weighted by molar-refractivity contribution is 0.429. The maximum Gasteiger partial charge on any atom is 0.0166 e. The summed E-state index contributed by atoms with van der Waals surface area (Å²) in [5.74, 6) is 4.70. The Morgan fingerprint density at radius 1 is 1.42 bits per heavy atom. The molecule has 1 aliphatic heterocycles. The van der Waals surface area contributed by atoms with E-state index in [2.05, 4.69) is 24.0 Å². The second kappa shape index (κ2) is 4.01. The minimum Gasteiger partial charge on any atom is -0.313 e. The molecule has 0 aromatic heterocycles. The van der Waals surface area contributed by atoms with Gasteiger partial charge >= 0.3 is 0 Å². The molecule has 2 aliphatic rings. The first kappa shape index (κ1) is 8.89. The average molecular weight is 185 g/mol. The van der Waals surface area contributed by atoms with Crippen LogP contribution >= 0.6 is 11.8 Å². The number of nitrogens with one attached hydrogen (secondary N) is 1. The second-order valence-corrected chi connectivity index (χ2v) is 5.43. The molecule has 1 N–H and O–H groups in total. The van der Waals surface area contributed by atoms with Gasteiger partial charge in [0.1, 0.15) is 0 Å². The zero-order valence-corrected chi connectivity index (χ0v) is 8.70. The van der Waals surface area contributed by atoms with Gasteiger partial charge in [0.15, 0.2) is 0 Å². The van der Waals surface area contributed by atoms with Crippen LogP contribution in [0.1, 0.15) is 26.2 Å². The smallest absolute Gasteiger partial charge is 0.0166 e. The molecule has 2 atom stereocenters. The summed E-state index contributed by atoms with van der Waals surface area (Å²) in [6.07, 6.45) is 4.37. The van der Waals surface area contributed by atoms with Crippen LogP contribution in [0, 0.1) is 11.8 Å². The average Bonchev–Trinajstić information content (AvgIpc) is 2.80. The maximum atomic E-state index is 3.68. The molecule has 2 fully saturated rings. The Bertz CT molecular complexity index is 137. The lowest BCUT2D eigenvalue weighted by atomic mass is 10.1. The van der Waals surface area contributed by atoms with E-state index in [4.69, 9.17) is 0 Å². The summed E-state index contributed by atoms with van der Waals surface area (Å²) in [6, 6.07) is 0.830. The van der Waals surface area contributed by atoms with Crippen LogP contribution in [0.4, 0.5) is 0 Å². The second-order valence-electron chi connectivity index (χ2n) is 4.28. The monoisotopic (exact) mass is 185 g/mol. The van der Waals surface area contributed by atoms with Gasteiger partial charge in [-0.1, -0.05) is 6.92 Å². The highest BCUT2D eigenvalue weighted by molar-refractivity contribution is 7.99. The number of hydrogen-bond acceptors (Lipinski definition) is 2. The summed E-state index contributed by atoms with van der Waals surface area (Å²) in [4.78, 5) is 0. The van der Waals surface area contributed by atoms with Crippen molar-refractivity contribution in [1.29, 1.82) is 0 Å². The Morgan fingerprint density at radius 2 is 2.25 bits per heavy atom. The molecule has 0 amide bonds. The van der Waals surface area contributed by atoms with Gasteiger partial charge in [0.2, 0.25) is 0 Å². The predicted octanol–water partition coefficient (Wildman–Crippen LogP) is 2.13. The van der Waals surface area contributed by atoms with Crippen LogP contribution in [0.2, 0.25) is 0 Å². The summed E-state index contributed by atoms with van der Waals surface area (Å²) >= 11 is 2.10. The largest absolute Gasteiger partial charge is 0.313 e. The highest BCUT2D eigenvalue weighted by atomic mass is 32.2. The molecule has 1 nitrogen and oxygen atoms in total. The normalized spacial score (nSPS) is 32.2. The van der Waals surface area contributed by atoms with Gasteiger partial charge in [-0.15, -0.1) is 0 Å². The first-order valence-corrected chi connectivity index (χ1v) is 6.33. The van der Waals surface area contributed by atoms with Crippen molar-refractivity contribution in [2.75, 3.05) is 18.1 Å². The molecule has 0 aromatic rings. The molecular weight excluding hydrogens is 166 g/mol. The van der Waals surface area contributed by atoms with E-state index >= 15 is 0 Å². The zero-order valence-electron chi connectivity index (χ0n) is 7.88. The van der Waals surface area contributed by atoms with Gasteiger partial charge in [0.25, 0.3) is 0 Å². The summed E-state index contributed by atoms with van der Waals surface area (Å²) in [6.45, 7) is 3.66. The highest BCUT2D eigenvalue weighted by Gasteiger charge is 2.28. The third kappa shape index (κ3) is 2.40. The lowest BCUT2D eigenvalue weighted by Gasteiger charge is -2.15. The van der Waals surface area contributed by atoms with E-state index in [1.54, 1.807) is 0 Å². The minimum atomic E-state index is 0.830. The molecule has 2 rings (SSSR count). The standard InChI is InChI=1S/C10H19NS/c1-8(9-2-3-9)6-11-10-4-5-12-7-10/h8-11H,2-7H2,1H3. The Morgan fingerprint density at radius 3 is 2.83 bits per heavy atom. The van der Waals surface area contributed by atoms with Crippen molar-refractivity contribution in [3.8, 4) is 0 Å². The first-order chi connectivity index (χ1) is 5.86. The van der Waals surface area contributed by atoms with Crippen molar-refractivity contribution < 1.29 is 0 Å². The summed E-state index contributed by atoms with van der Waals surface area (Å²) in [7, 11) is 0. The molecule has 0 bridgehead atoms. The molecule has 1 heterocycles. The molecule has 0 aromatic carbocycles. The topological polar surface area (TPSA) is 12.0 Å². The fraction of sp³-hybridized carbons (Fsp3) is 1.00. The third-order valence-corrected chi connectivity index (χ3v) is 4.25. The van der Waals surface area contributed by atoms with Crippen molar-refractivity contribution >= 4 is 11.8 Å². The van der Waals surface area contributed by atoms with Crippen LogP contribution in [-0.2, 0) is 0 Å². The van der Waals surface area contributed by atoms with E-state index < -0.39 is 0 Å². The molecule has 2 heteroatoms. The van der Waals surface area contributed by atoms with Crippen LogP contribution in [0.25, 0.3) is 0 Å². The van der Waals surface area contributed by atoms with Gasteiger partial charge in [0.05, 0.1) is 0 Å². The van der Waals surface area contributed by atoms with Crippen molar-refractivity contribution in [1.82, 2.24) is 5.32 Å². The molecular formula is C10H19NS. The van der Waals surface area contributed by atoms with E-state index in [1.807, 2.05) is 0 Å². The molecule has 0 spiro atoms. The third-order valence-electron chi connectivity index (χ3n) is 3.08. The number of thioether (sulfide) groups is 1. The Kier molecular flexibility index (Phi) is 2.97. The van der Waals surface area contributed by atoms with Crippen LogP contribution in [0.15, 0.2) is 0 Å². The van der Waals surface area contributed by atoms with Crippen molar-refractivity contribution in [3.63, 3.8) is 0 Å². The van der Waals surface area contributed by atoms with Crippen LogP contribution < -0.4 is 5.32 Å². The molecule has 2 unspecified atom stereocenters. The maximum absolute atomic E-state index is 3.68. The first-order valence-electron chi connectivity index (χ1n) is 5.17. The van der Waals surface area contributed by atoms with E-state index in [9.17, 15) is 0 Å². The van der Waals surface area contributed by atoms with E-state index in [0.717, 1.165) is 17.9 Å². The van der Waals surface area contributed by atoms with Gasteiger partial charge in [-0.3, -0.25) is 0 Å². The molecule has 1 saturated heterocycles. The molecule has 1 aliphatic carbocycles. The van der Waals surface area contributed by atoms with Crippen molar-refractivity contribution in [2.24, 2.45) is 11.8 Å². The Hall–Kier alpha value is 0.310. The van der Waals surface area contributed by atoms with E-state index in [1.165, 1.54) is 37.3 Å². The van der Waals surface area contributed by atoms with E-state index in [-0.39, 0.29) is 0 Å². The number of hydrogen-bond donors (Lipinski definition) is 1. The van der Waals surface area contributed by atoms with Gasteiger partial charge < -0.3 is 5.32 Å². The van der Waals surface area contributed by atoms with Gasteiger partial charge in [0, 0.05) is 11.8 Å². The summed E-state index contributed by atoms with van der Waals surface area (Å²) in [5, 5.41) is 3.68. The van der Waals surface area contributed by atoms with Crippen LogP contribution in [-0.4, -0.2) is 24.1 Å². The zero-order chi connectivity index (χ0) is 8.39. The van der Waals surface area contributed by atoms with E-state index in [0.29, 0.717) is 0 Å². The van der Waals surface area contributed by atoms with Gasteiger partial charge in [-0.2, -0.15) is 11.8 Å². The Balaban J connectivity index is 1.60. The quantitative estimate of drug-likeness (QED) is 0.720. The molecule has 12 heavy (non-hydrogen) atoms. The fourth-order valence-corrected chi connectivity index (χ4v) is 3.07. The van der Waals surface area contributed by atoms with Gasteiger partial charge in [-0.05, 0) is 43.4 Å². The fourth-order valence-electron chi connectivity index (χ4n) is 1.88.